The molecular weight excluding hydrogens is 260 g/mol. The minimum Gasteiger partial charge on any atom is -0.465 e. The molecule has 0 spiro atoms. The smallest absolute Gasteiger partial charge is 0.316 e. The molecule has 1 rings (SSSR count). The molecule has 0 amide bonds. The Labute approximate surface area is 97.6 Å². The molecule has 15 heavy (non-hydrogen) atoms. The lowest BCUT2D eigenvalue weighted by Gasteiger charge is -1.92. The van der Waals surface area contributed by atoms with Gasteiger partial charge in [-0.25, -0.2) is 0 Å². The van der Waals surface area contributed by atoms with Crippen molar-refractivity contribution in [3.05, 3.63) is 35.9 Å². The molecule has 82 valence electrons. The van der Waals surface area contributed by atoms with E-state index in [2.05, 4.69) is 20.7 Å². The first kappa shape index (κ1) is 13.8. The van der Waals surface area contributed by atoms with Gasteiger partial charge in [-0.2, -0.15) is 0 Å². The van der Waals surface area contributed by atoms with Crippen molar-refractivity contribution in [2.45, 2.75) is 6.92 Å². The fraction of sp³-hybridized carbons (Fsp3) is 0.273. The van der Waals surface area contributed by atoms with Crippen LogP contribution in [0.3, 0.4) is 0 Å². The third-order valence-corrected chi connectivity index (χ3v) is 1.81. The number of ether oxygens (including phenoxy) is 1. The summed E-state index contributed by atoms with van der Waals surface area (Å²) < 4.78 is 4.51. The maximum atomic E-state index is 10.1. The zero-order chi connectivity index (χ0) is 11.5. The maximum Gasteiger partial charge on any atom is 0.316 e. The number of carbonyl (C=O) groups excluding carboxylic acids is 2. The lowest BCUT2D eigenvalue weighted by molar-refractivity contribution is -0.139. The summed E-state index contributed by atoms with van der Waals surface area (Å²) in [5, 5.41) is 0.292. The Bertz CT molecular complexity index is 285. The number of aldehydes is 1. The predicted octanol–water partition coefficient (Wildman–Crippen LogP) is 2.44. The average molecular weight is 273 g/mol. The Hall–Kier alpha value is -1.16. The first-order valence-electron chi connectivity index (χ1n) is 4.46. The van der Waals surface area contributed by atoms with Crippen LogP contribution in [-0.4, -0.2) is 24.2 Å². The molecule has 0 fully saturated rings. The number of hydrogen-bond donors (Lipinski definition) is 0. The summed E-state index contributed by atoms with van der Waals surface area (Å²) in [5.74, 6) is -0.206. The lowest BCUT2D eigenvalue weighted by Crippen LogP contribution is -2.03. The van der Waals surface area contributed by atoms with Gasteiger partial charge in [0.05, 0.1) is 6.61 Å². The SMILES string of the molecule is CCOC(=O)CBr.O=Cc1ccccc1. The van der Waals surface area contributed by atoms with Crippen LogP contribution in [-0.2, 0) is 9.53 Å². The van der Waals surface area contributed by atoms with Gasteiger partial charge in [-0.15, -0.1) is 0 Å². The van der Waals surface area contributed by atoms with E-state index in [-0.39, 0.29) is 5.97 Å². The van der Waals surface area contributed by atoms with Crippen LogP contribution in [0.15, 0.2) is 30.3 Å². The van der Waals surface area contributed by atoms with Crippen LogP contribution in [0.5, 0.6) is 0 Å². The van der Waals surface area contributed by atoms with E-state index < -0.39 is 0 Å². The normalized spacial score (nSPS) is 8.40. The number of benzene rings is 1. The Morgan fingerprint density at radius 2 is 2.00 bits per heavy atom. The van der Waals surface area contributed by atoms with E-state index >= 15 is 0 Å². The molecule has 3 nitrogen and oxygen atoms in total. The van der Waals surface area contributed by atoms with Crippen molar-refractivity contribution in [3.8, 4) is 0 Å². The number of hydrogen-bond acceptors (Lipinski definition) is 3. The molecule has 0 aromatic heterocycles. The first-order chi connectivity index (χ1) is 7.24. The second-order valence-corrected chi connectivity index (χ2v) is 3.03. The minimum atomic E-state index is -0.206. The molecule has 0 aliphatic rings. The highest BCUT2D eigenvalue weighted by atomic mass is 79.9. The topological polar surface area (TPSA) is 43.4 Å². The van der Waals surface area contributed by atoms with Crippen LogP contribution in [0, 0.1) is 0 Å². The van der Waals surface area contributed by atoms with Gasteiger partial charge < -0.3 is 4.74 Å². The maximum absolute atomic E-state index is 10.1. The Morgan fingerprint density at radius 1 is 1.40 bits per heavy atom. The van der Waals surface area contributed by atoms with Crippen LogP contribution < -0.4 is 0 Å². The molecule has 0 saturated heterocycles. The molecular formula is C11H13BrO3. The third kappa shape index (κ3) is 7.88. The predicted molar refractivity (Wildman–Crippen MR) is 62.3 cm³/mol. The summed E-state index contributed by atoms with van der Waals surface area (Å²) >= 11 is 2.94. The highest BCUT2D eigenvalue weighted by Gasteiger charge is 1.92. The van der Waals surface area contributed by atoms with Crippen molar-refractivity contribution < 1.29 is 14.3 Å². The van der Waals surface area contributed by atoms with Gasteiger partial charge in [-0.1, -0.05) is 46.3 Å². The van der Waals surface area contributed by atoms with Crippen molar-refractivity contribution >= 4 is 28.2 Å². The van der Waals surface area contributed by atoms with Gasteiger partial charge in [0.15, 0.2) is 0 Å². The van der Waals surface area contributed by atoms with Crippen LogP contribution in [0.1, 0.15) is 17.3 Å². The molecule has 0 unspecified atom stereocenters. The van der Waals surface area contributed by atoms with Crippen molar-refractivity contribution in [3.63, 3.8) is 0 Å². The highest BCUT2D eigenvalue weighted by Crippen LogP contribution is 1.91. The van der Waals surface area contributed by atoms with Crippen molar-refractivity contribution in [1.82, 2.24) is 0 Å². The molecule has 0 N–H and O–H groups in total. The van der Waals surface area contributed by atoms with E-state index in [4.69, 9.17) is 0 Å². The Kier molecular flexibility index (Phi) is 8.67. The number of rotatable bonds is 3. The number of alkyl halides is 1. The monoisotopic (exact) mass is 272 g/mol. The first-order valence-corrected chi connectivity index (χ1v) is 5.58. The van der Waals surface area contributed by atoms with E-state index in [0.29, 0.717) is 11.9 Å². The standard InChI is InChI=1S/C7H6O.C4H7BrO2/c8-6-7-4-2-1-3-5-7;1-2-7-4(6)3-5/h1-6H;2-3H2,1H3. The van der Waals surface area contributed by atoms with Gasteiger partial charge in [0.1, 0.15) is 11.6 Å². The Balaban J connectivity index is 0.000000265. The summed E-state index contributed by atoms with van der Waals surface area (Å²) in [6.07, 6.45) is 0.833. The van der Waals surface area contributed by atoms with Crippen molar-refractivity contribution in [2.24, 2.45) is 0 Å². The van der Waals surface area contributed by atoms with Gasteiger partial charge in [0, 0.05) is 5.56 Å². The average Bonchev–Trinajstić information content (AvgIpc) is 2.31. The van der Waals surface area contributed by atoms with E-state index in [0.717, 1.165) is 11.8 Å². The van der Waals surface area contributed by atoms with E-state index in [1.165, 1.54) is 0 Å². The molecule has 0 aliphatic heterocycles. The minimum absolute atomic E-state index is 0.206. The molecule has 0 bridgehead atoms. The van der Waals surface area contributed by atoms with E-state index in [1.54, 1.807) is 19.1 Å². The van der Waals surface area contributed by atoms with Crippen molar-refractivity contribution in [2.75, 3.05) is 11.9 Å². The fourth-order valence-electron chi connectivity index (χ4n) is 0.731. The van der Waals surface area contributed by atoms with Crippen LogP contribution in [0.4, 0.5) is 0 Å². The largest absolute Gasteiger partial charge is 0.465 e. The lowest BCUT2D eigenvalue weighted by atomic mass is 10.2. The quantitative estimate of drug-likeness (QED) is 0.482. The third-order valence-electron chi connectivity index (χ3n) is 1.35. The summed E-state index contributed by atoms with van der Waals surface area (Å²) in [4.78, 5) is 20.1. The van der Waals surface area contributed by atoms with E-state index in [1.807, 2.05) is 18.2 Å². The van der Waals surface area contributed by atoms with Crippen LogP contribution in [0.25, 0.3) is 0 Å². The number of esters is 1. The second-order valence-electron chi connectivity index (χ2n) is 2.47. The summed E-state index contributed by atoms with van der Waals surface area (Å²) in [6.45, 7) is 2.24. The number of carbonyl (C=O) groups is 2. The fourth-order valence-corrected chi connectivity index (χ4v) is 0.893. The molecule has 0 heterocycles. The van der Waals surface area contributed by atoms with Gasteiger partial charge in [0.2, 0.25) is 0 Å². The molecule has 4 heteroatoms. The zero-order valence-corrected chi connectivity index (χ0v) is 10.1. The summed E-state index contributed by atoms with van der Waals surface area (Å²) in [7, 11) is 0. The molecule has 0 atom stereocenters. The molecule has 0 radical (unpaired) electrons. The Morgan fingerprint density at radius 3 is 2.27 bits per heavy atom. The molecule has 0 aliphatic carbocycles. The van der Waals surface area contributed by atoms with Gasteiger partial charge in [-0.3, -0.25) is 9.59 Å². The molecule has 1 aromatic carbocycles. The molecule has 1 aromatic rings. The molecule has 0 saturated carbocycles. The van der Waals surface area contributed by atoms with E-state index in [9.17, 15) is 9.59 Å². The van der Waals surface area contributed by atoms with Gasteiger partial charge in [-0.05, 0) is 6.92 Å². The van der Waals surface area contributed by atoms with Gasteiger partial charge in [0.25, 0.3) is 0 Å². The van der Waals surface area contributed by atoms with Crippen LogP contribution in [0.2, 0.25) is 0 Å². The summed E-state index contributed by atoms with van der Waals surface area (Å²) in [6, 6.07) is 9.10. The zero-order valence-electron chi connectivity index (χ0n) is 8.48. The highest BCUT2D eigenvalue weighted by molar-refractivity contribution is 9.09. The van der Waals surface area contributed by atoms with Gasteiger partial charge >= 0.3 is 5.97 Å². The number of halogens is 1. The van der Waals surface area contributed by atoms with Crippen molar-refractivity contribution in [1.29, 1.82) is 0 Å². The summed E-state index contributed by atoms with van der Waals surface area (Å²) in [5.41, 5.74) is 0.729. The second kappa shape index (κ2) is 9.40. The van der Waals surface area contributed by atoms with Crippen LogP contribution >= 0.6 is 15.9 Å².